The Morgan fingerprint density at radius 1 is 0.864 bits per heavy atom. The lowest BCUT2D eigenvalue weighted by Crippen LogP contribution is -1.88. The molecule has 0 atom stereocenters. The zero-order chi connectivity index (χ0) is 15.1. The molecule has 2 aromatic carbocycles. The van der Waals surface area contributed by atoms with Gasteiger partial charge in [0, 0.05) is 6.42 Å². The van der Waals surface area contributed by atoms with Gasteiger partial charge in [-0.25, -0.2) is 9.97 Å². The second-order valence-electron chi connectivity index (χ2n) is 5.74. The van der Waals surface area contributed by atoms with E-state index in [1.807, 2.05) is 6.92 Å². The number of fused-ring (bicyclic) bond motifs is 2. The summed E-state index contributed by atoms with van der Waals surface area (Å²) in [5, 5.41) is 0. The Morgan fingerprint density at radius 2 is 1.50 bits per heavy atom. The fourth-order valence-electron chi connectivity index (χ4n) is 2.92. The molecule has 0 bridgehead atoms. The van der Waals surface area contributed by atoms with Crippen LogP contribution >= 0.6 is 0 Å². The van der Waals surface area contributed by atoms with Crippen molar-refractivity contribution in [1.29, 1.82) is 0 Å². The fourth-order valence-corrected chi connectivity index (χ4v) is 2.92. The minimum atomic E-state index is 0.907. The molecule has 0 aliphatic carbocycles. The number of hydrogen-bond acceptors (Lipinski definition) is 2. The summed E-state index contributed by atoms with van der Waals surface area (Å²) in [6.45, 7) is 4.09. The molecular weight excluding hydrogens is 272 g/mol. The molecule has 22 heavy (non-hydrogen) atoms. The molecule has 4 rings (SSSR count). The van der Waals surface area contributed by atoms with E-state index >= 15 is 0 Å². The van der Waals surface area contributed by atoms with Crippen molar-refractivity contribution in [2.75, 3.05) is 0 Å². The third-order valence-corrected chi connectivity index (χ3v) is 4.00. The van der Waals surface area contributed by atoms with E-state index in [1.165, 1.54) is 11.1 Å². The van der Waals surface area contributed by atoms with Crippen LogP contribution in [-0.4, -0.2) is 19.9 Å². The number of H-pyrrole nitrogens is 2. The first-order chi connectivity index (χ1) is 10.7. The lowest BCUT2D eigenvalue weighted by atomic mass is 10.0. The highest BCUT2D eigenvalue weighted by molar-refractivity contribution is 5.77. The van der Waals surface area contributed by atoms with Gasteiger partial charge in [-0.15, -0.1) is 0 Å². The van der Waals surface area contributed by atoms with E-state index in [0.717, 1.165) is 46.6 Å². The van der Waals surface area contributed by atoms with Crippen molar-refractivity contribution < 1.29 is 0 Å². The van der Waals surface area contributed by atoms with Gasteiger partial charge in [-0.2, -0.15) is 0 Å². The van der Waals surface area contributed by atoms with E-state index in [9.17, 15) is 0 Å². The van der Waals surface area contributed by atoms with Crippen molar-refractivity contribution >= 4 is 22.1 Å². The molecule has 0 spiro atoms. The number of aromatic nitrogens is 4. The van der Waals surface area contributed by atoms with Crippen molar-refractivity contribution in [2.24, 2.45) is 0 Å². The van der Waals surface area contributed by atoms with Gasteiger partial charge in [0.2, 0.25) is 0 Å². The Bertz CT molecular complexity index is 962. The highest BCUT2D eigenvalue weighted by Crippen LogP contribution is 2.19. The predicted octanol–water partition coefficient (Wildman–Crippen LogP) is 3.90. The molecule has 2 N–H and O–H groups in total. The molecular formula is C18H18N4. The summed E-state index contributed by atoms with van der Waals surface area (Å²) in [7, 11) is 0. The van der Waals surface area contributed by atoms with Crippen molar-refractivity contribution in [3.05, 3.63) is 59.2 Å². The summed E-state index contributed by atoms with van der Waals surface area (Å²) < 4.78 is 0. The van der Waals surface area contributed by atoms with Crippen molar-refractivity contribution in [2.45, 2.75) is 26.7 Å². The molecule has 0 saturated heterocycles. The standard InChI is InChI=1S/C18H18N4/c1-3-18-21-15-7-5-13(10-17(15)22-18)8-12-4-6-14-16(9-12)20-11(2)19-14/h4-7,9-10H,3,8H2,1-2H3,(H,19,20)(H,21,22). The van der Waals surface area contributed by atoms with Gasteiger partial charge in [-0.3, -0.25) is 0 Å². The van der Waals surface area contributed by atoms with Gasteiger partial charge in [0.25, 0.3) is 0 Å². The maximum atomic E-state index is 4.55. The summed E-state index contributed by atoms with van der Waals surface area (Å²) in [5.74, 6) is 2.00. The van der Waals surface area contributed by atoms with Gasteiger partial charge in [0.15, 0.2) is 0 Å². The van der Waals surface area contributed by atoms with Crippen molar-refractivity contribution in [3.63, 3.8) is 0 Å². The van der Waals surface area contributed by atoms with Crippen LogP contribution in [0.5, 0.6) is 0 Å². The topological polar surface area (TPSA) is 57.4 Å². The Hall–Kier alpha value is -2.62. The third-order valence-electron chi connectivity index (χ3n) is 4.00. The number of nitrogens with zero attached hydrogens (tertiary/aromatic N) is 2. The quantitative estimate of drug-likeness (QED) is 0.601. The maximum absolute atomic E-state index is 4.55. The van der Waals surface area contributed by atoms with Gasteiger partial charge < -0.3 is 9.97 Å². The monoisotopic (exact) mass is 290 g/mol. The molecule has 2 heterocycles. The second kappa shape index (κ2) is 4.98. The highest BCUT2D eigenvalue weighted by Gasteiger charge is 2.05. The van der Waals surface area contributed by atoms with Crippen LogP contribution in [0.25, 0.3) is 22.1 Å². The Kier molecular flexibility index (Phi) is 2.96. The van der Waals surface area contributed by atoms with Crippen LogP contribution in [0.1, 0.15) is 29.7 Å². The van der Waals surface area contributed by atoms with E-state index in [1.54, 1.807) is 0 Å². The number of hydrogen-bond donors (Lipinski definition) is 2. The van der Waals surface area contributed by atoms with Crippen LogP contribution in [0.2, 0.25) is 0 Å². The van der Waals surface area contributed by atoms with Crippen LogP contribution in [0.4, 0.5) is 0 Å². The first kappa shape index (κ1) is 13.1. The molecule has 0 saturated carbocycles. The second-order valence-corrected chi connectivity index (χ2v) is 5.74. The van der Waals surface area contributed by atoms with Gasteiger partial charge in [0.1, 0.15) is 11.6 Å². The van der Waals surface area contributed by atoms with E-state index < -0.39 is 0 Å². The van der Waals surface area contributed by atoms with Crippen LogP contribution < -0.4 is 0 Å². The molecule has 0 radical (unpaired) electrons. The SMILES string of the molecule is CCc1nc2ccc(Cc3ccc4nc(C)[nH]c4c3)cc2[nH]1. The molecule has 4 nitrogen and oxygen atoms in total. The molecule has 0 amide bonds. The summed E-state index contributed by atoms with van der Waals surface area (Å²) >= 11 is 0. The van der Waals surface area contributed by atoms with E-state index in [-0.39, 0.29) is 0 Å². The van der Waals surface area contributed by atoms with E-state index in [0.29, 0.717) is 0 Å². The largest absolute Gasteiger partial charge is 0.342 e. The summed E-state index contributed by atoms with van der Waals surface area (Å²) in [6.07, 6.45) is 1.84. The van der Waals surface area contributed by atoms with Gasteiger partial charge in [-0.05, 0) is 48.7 Å². The Balaban J connectivity index is 1.68. The molecule has 0 aliphatic rings. The van der Waals surface area contributed by atoms with Crippen molar-refractivity contribution in [3.8, 4) is 0 Å². The predicted molar refractivity (Wildman–Crippen MR) is 89.1 cm³/mol. The molecule has 0 aliphatic heterocycles. The molecule has 4 aromatic rings. The number of nitrogens with one attached hydrogen (secondary N) is 2. The first-order valence-corrected chi connectivity index (χ1v) is 7.64. The van der Waals surface area contributed by atoms with Gasteiger partial charge in [0.05, 0.1) is 22.1 Å². The summed E-state index contributed by atoms with van der Waals surface area (Å²) in [4.78, 5) is 15.7. The van der Waals surface area contributed by atoms with Crippen LogP contribution in [0, 0.1) is 6.92 Å². The van der Waals surface area contributed by atoms with Gasteiger partial charge >= 0.3 is 0 Å². The van der Waals surface area contributed by atoms with Gasteiger partial charge in [-0.1, -0.05) is 19.1 Å². The molecule has 0 unspecified atom stereocenters. The maximum Gasteiger partial charge on any atom is 0.106 e. The number of imidazole rings is 2. The zero-order valence-electron chi connectivity index (χ0n) is 12.8. The lowest BCUT2D eigenvalue weighted by Gasteiger charge is -2.02. The van der Waals surface area contributed by atoms with Crippen LogP contribution in [-0.2, 0) is 12.8 Å². The normalized spacial score (nSPS) is 11.5. The summed E-state index contributed by atoms with van der Waals surface area (Å²) in [6, 6.07) is 12.9. The number of benzene rings is 2. The van der Waals surface area contributed by atoms with Crippen LogP contribution in [0.15, 0.2) is 36.4 Å². The zero-order valence-corrected chi connectivity index (χ0v) is 12.8. The molecule has 4 heteroatoms. The molecule has 2 aromatic heterocycles. The fraction of sp³-hybridized carbons (Fsp3) is 0.222. The number of rotatable bonds is 3. The smallest absolute Gasteiger partial charge is 0.106 e. The van der Waals surface area contributed by atoms with E-state index in [2.05, 4.69) is 63.3 Å². The highest BCUT2D eigenvalue weighted by atomic mass is 14.9. The number of aromatic amines is 2. The average molecular weight is 290 g/mol. The third kappa shape index (κ3) is 2.26. The minimum Gasteiger partial charge on any atom is -0.342 e. The Morgan fingerprint density at radius 3 is 2.18 bits per heavy atom. The molecule has 110 valence electrons. The Labute approximate surface area is 128 Å². The average Bonchev–Trinajstić information content (AvgIpc) is 3.08. The molecule has 0 fully saturated rings. The minimum absolute atomic E-state index is 0.907. The van der Waals surface area contributed by atoms with Crippen LogP contribution in [0.3, 0.4) is 0 Å². The number of aryl methyl sites for hydroxylation is 2. The first-order valence-electron chi connectivity index (χ1n) is 7.64. The van der Waals surface area contributed by atoms with E-state index in [4.69, 9.17) is 0 Å². The lowest BCUT2D eigenvalue weighted by molar-refractivity contribution is 1.00. The van der Waals surface area contributed by atoms with Crippen molar-refractivity contribution in [1.82, 2.24) is 19.9 Å². The summed E-state index contributed by atoms with van der Waals surface area (Å²) in [5.41, 5.74) is 6.86.